The van der Waals surface area contributed by atoms with Crippen molar-refractivity contribution in [2.45, 2.75) is 48.1 Å². The summed E-state index contributed by atoms with van der Waals surface area (Å²) >= 11 is 0. The van der Waals surface area contributed by atoms with Crippen LogP contribution >= 0.6 is 13.5 Å². The number of anilines is 2. The zero-order valence-corrected chi connectivity index (χ0v) is 19.4. The molecule has 1 N–H and O–H groups in total. The van der Waals surface area contributed by atoms with Crippen LogP contribution in [0.2, 0.25) is 0 Å². The molecule has 1 aliphatic heterocycles. The molecule has 8 heteroatoms. The first-order valence-electron chi connectivity index (χ1n) is 9.98. The van der Waals surface area contributed by atoms with E-state index in [0.717, 1.165) is 22.6 Å². The van der Waals surface area contributed by atoms with Crippen LogP contribution in [0.5, 0.6) is 0 Å². The Kier molecular flexibility index (Phi) is 7.51. The quantitative estimate of drug-likeness (QED) is 0.621. The number of rotatable bonds is 3. The molecule has 32 heavy (non-hydrogen) atoms. The van der Waals surface area contributed by atoms with E-state index in [1.54, 1.807) is 21.7 Å². The van der Waals surface area contributed by atoms with E-state index in [4.69, 9.17) is 0 Å². The van der Waals surface area contributed by atoms with Crippen LogP contribution in [0.25, 0.3) is 0 Å². The molecular formula is C24H31N5O2S. The maximum Gasteiger partial charge on any atom is 0.277 e. The molecule has 4 rings (SSSR count). The molecule has 0 radical (unpaired) electrons. The second kappa shape index (κ2) is 9.56. The lowest BCUT2D eigenvalue weighted by molar-refractivity contribution is 0.0939. The first kappa shape index (κ1) is 25.1. The Morgan fingerprint density at radius 3 is 2.34 bits per heavy atom. The SMILES string of the molecule is C.Cc1cc(NC(=O)c2cnn3c2C(=O)N(c2ccc(C)c(C)c2)C[C@@H]3C)cc(C)n1.S. The van der Waals surface area contributed by atoms with Gasteiger partial charge in [0.15, 0.2) is 0 Å². The van der Waals surface area contributed by atoms with E-state index in [2.05, 4.69) is 15.4 Å². The topological polar surface area (TPSA) is 80.1 Å². The number of nitrogens with zero attached hydrogens (tertiary/aromatic N) is 4. The fraction of sp³-hybridized carbons (Fsp3) is 0.333. The number of aromatic nitrogens is 3. The number of pyridine rings is 1. The standard InChI is InChI=1S/C23H25N5O2.CH4.H2S/c1-13-6-7-19(8-14(13)2)27-12-17(5)28-21(23(27)30)20(11-24-28)22(29)26-18-9-15(3)25-16(4)10-18;;/h6-11,17H,12H2,1-5H3,(H,25,26,29);1H4;1H2/t17-;;/m0../s1. The van der Waals surface area contributed by atoms with Crippen LogP contribution in [-0.4, -0.2) is 33.1 Å². The molecule has 0 aliphatic carbocycles. The van der Waals surface area contributed by atoms with E-state index >= 15 is 0 Å². The molecule has 2 amide bonds. The predicted molar refractivity (Wildman–Crippen MR) is 133 cm³/mol. The zero-order chi connectivity index (χ0) is 21.6. The van der Waals surface area contributed by atoms with Gasteiger partial charge in [-0.3, -0.25) is 19.3 Å². The highest BCUT2D eigenvalue weighted by Crippen LogP contribution is 2.29. The Bertz CT molecular complexity index is 1150. The minimum atomic E-state index is -0.358. The van der Waals surface area contributed by atoms with Gasteiger partial charge in [0.1, 0.15) is 5.69 Å². The number of aryl methyl sites for hydroxylation is 4. The van der Waals surface area contributed by atoms with Gasteiger partial charge < -0.3 is 10.2 Å². The van der Waals surface area contributed by atoms with Gasteiger partial charge in [-0.25, -0.2) is 0 Å². The lowest BCUT2D eigenvalue weighted by atomic mass is 10.1. The Labute approximate surface area is 196 Å². The van der Waals surface area contributed by atoms with E-state index in [9.17, 15) is 9.59 Å². The molecule has 0 bridgehead atoms. The second-order valence-corrected chi connectivity index (χ2v) is 7.98. The minimum absolute atomic E-state index is 0. The van der Waals surface area contributed by atoms with E-state index in [-0.39, 0.29) is 44.3 Å². The van der Waals surface area contributed by atoms with Crippen molar-refractivity contribution in [3.63, 3.8) is 0 Å². The number of hydrogen-bond acceptors (Lipinski definition) is 4. The normalized spacial score (nSPS) is 14.8. The molecule has 0 saturated heterocycles. The molecule has 0 spiro atoms. The molecule has 0 saturated carbocycles. The zero-order valence-electron chi connectivity index (χ0n) is 18.4. The fourth-order valence-corrected chi connectivity index (χ4v) is 3.85. The van der Waals surface area contributed by atoms with Gasteiger partial charge in [0.05, 0.1) is 17.8 Å². The van der Waals surface area contributed by atoms with Crippen molar-refractivity contribution in [1.29, 1.82) is 0 Å². The molecule has 170 valence electrons. The molecular weight excluding hydrogens is 422 g/mol. The first-order chi connectivity index (χ1) is 14.2. The predicted octanol–water partition coefficient (Wildman–Crippen LogP) is 4.73. The number of hydrogen-bond donors (Lipinski definition) is 1. The summed E-state index contributed by atoms with van der Waals surface area (Å²) in [4.78, 5) is 32.4. The van der Waals surface area contributed by atoms with Crippen LogP contribution in [0, 0.1) is 27.7 Å². The average Bonchev–Trinajstić information content (AvgIpc) is 3.12. The molecule has 7 nitrogen and oxygen atoms in total. The summed E-state index contributed by atoms with van der Waals surface area (Å²) in [6.45, 7) is 10.3. The van der Waals surface area contributed by atoms with E-state index < -0.39 is 0 Å². The lowest BCUT2D eigenvalue weighted by Crippen LogP contribution is -2.43. The number of carbonyl (C=O) groups excluding carboxylic acids is 2. The number of nitrogens with one attached hydrogen (secondary N) is 1. The van der Waals surface area contributed by atoms with Crippen molar-refractivity contribution in [2.24, 2.45) is 0 Å². The van der Waals surface area contributed by atoms with Crippen molar-refractivity contribution in [3.8, 4) is 0 Å². The van der Waals surface area contributed by atoms with Gasteiger partial charge in [0.2, 0.25) is 0 Å². The average molecular weight is 454 g/mol. The molecule has 0 fully saturated rings. The third-order valence-electron chi connectivity index (χ3n) is 5.49. The maximum absolute atomic E-state index is 13.4. The second-order valence-electron chi connectivity index (χ2n) is 7.98. The maximum atomic E-state index is 13.4. The van der Waals surface area contributed by atoms with Gasteiger partial charge in [0.25, 0.3) is 11.8 Å². The van der Waals surface area contributed by atoms with E-state index in [1.807, 2.05) is 52.8 Å². The van der Waals surface area contributed by atoms with Crippen molar-refractivity contribution >= 4 is 36.7 Å². The van der Waals surface area contributed by atoms with Crippen molar-refractivity contribution in [1.82, 2.24) is 14.8 Å². The van der Waals surface area contributed by atoms with E-state index in [0.29, 0.717) is 17.9 Å². The highest BCUT2D eigenvalue weighted by atomic mass is 32.1. The summed E-state index contributed by atoms with van der Waals surface area (Å²) in [5.74, 6) is -0.579. The van der Waals surface area contributed by atoms with Crippen LogP contribution in [0.4, 0.5) is 11.4 Å². The number of carbonyl (C=O) groups is 2. The molecule has 1 aliphatic rings. The van der Waals surface area contributed by atoms with Crippen LogP contribution in [0.1, 0.15) is 63.8 Å². The lowest BCUT2D eigenvalue weighted by Gasteiger charge is -2.32. The van der Waals surface area contributed by atoms with Crippen molar-refractivity contribution in [3.05, 3.63) is 70.3 Å². The molecule has 2 aromatic heterocycles. The Balaban J connectivity index is 0.00000181. The number of amides is 2. The third kappa shape index (κ3) is 4.55. The van der Waals surface area contributed by atoms with Crippen molar-refractivity contribution in [2.75, 3.05) is 16.8 Å². The Morgan fingerprint density at radius 1 is 1.06 bits per heavy atom. The molecule has 1 aromatic carbocycles. The number of benzene rings is 1. The van der Waals surface area contributed by atoms with Gasteiger partial charge in [-0.1, -0.05) is 13.5 Å². The van der Waals surface area contributed by atoms with Gasteiger partial charge in [0, 0.05) is 29.3 Å². The minimum Gasteiger partial charge on any atom is -0.322 e. The van der Waals surface area contributed by atoms with E-state index in [1.165, 1.54) is 11.8 Å². The monoisotopic (exact) mass is 453 g/mol. The van der Waals surface area contributed by atoms with Gasteiger partial charge in [-0.2, -0.15) is 18.6 Å². The summed E-state index contributed by atoms with van der Waals surface area (Å²) in [6, 6.07) is 9.51. The summed E-state index contributed by atoms with van der Waals surface area (Å²) < 4.78 is 1.65. The summed E-state index contributed by atoms with van der Waals surface area (Å²) in [5.41, 5.74) is 5.97. The Morgan fingerprint density at radius 2 is 1.72 bits per heavy atom. The first-order valence-corrected chi connectivity index (χ1v) is 9.98. The summed E-state index contributed by atoms with van der Waals surface area (Å²) in [6.07, 6.45) is 1.48. The highest BCUT2D eigenvalue weighted by Gasteiger charge is 2.35. The smallest absolute Gasteiger partial charge is 0.277 e. The Hall–Kier alpha value is -3.13. The number of fused-ring (bicyclic) bond motifs is 1. The third-order valence-corrected chi connectivity index (χ3v) is 5.49. The molecule has 1 atom stereocenters. The van der Waals surface area contributed by atoms with Crippen molar-refractivity contribution < 1.29 is 9.59 Å². The van der Waals surface area contributed by atoms with Gasteiger partial charge in [-0.15, -0.1) is 0 Å². The molecule has 0 unspecified atom stereocenters. The van der Waals surface area contributed by atoms with Crippen LogP contribution in [-0.2, 0) is 0 Å². The van der Waals surface area contributed by atoms with Gasteiger partial charge >= 0.3 is 0 Å². The van der Waals surface area contributed by atoms with Crippen LogP contribution in [0.3, 0.4) is 0 Å². The van der Waals surface area contributed by atoms with Gasteiger partial charge in [-0.05, 0) is 70.0 Å². The summed E-state index contributed by atoms with van der Waals surface area (Å²) in [5, 5.41) is 7.22. The fourth-order valence-electron chi connectivity index (χ4n) is 3.85. The molecule has 3 heterocycles. The van der Waals surface area contributed by atoms with Crippen LogP contribution in [0.15, 0.2) is 36.5 Å². The largest absolute Gasteiger partial charge is 0.322 e. The highest BCUT2D eigenvalue weighted by molar-refractivity contribution is 7.59. The summed E-state index contributed by atoms with van der Waals surface area (Å²) in [7, 11) is 0. The molecule has 3 aromatic rings. The van der Waals surface area contributed by atoms with Crippen LogP contribution < -0.4 is 10.2 Å².